The van der Waals surface area contributed by atoms with Gasteiger partial charge in [-0.05, 0) is 17.5 Å². The average molecular weight is 272 g/mol. The van der Waals surface area contributed by atoms with E-state index in [2.05, 4.69) is 35.4 Å². The van der Waals surface area contributed by atoms with Crippen LogP contribution in [0, 0.1) is 6.92 Å². The summed E-state index contributed by atoms with van der Waals surface area (Å²) in [6.07, 6.45) is 6.52. The molecule has 0 aliphatic carbocycles. The third kappa shape index (κ3) is 3.26. The number of carbonyl (C=O) groups is 1. The van der Waals surface area contributed by atoms with E-state index in [0.717, 1.165) is 18.7 Å². The molecular formula is C16H20N2O2. The van der Waals surface area contributed by atoms with E-state index in [0.29, 0.717) is 0 Å². The van der Waals surface area contributed by atoms with Crippen molar-refractivity contribution in [3.8, 4) is 0 Å². The largest absolute Gasteiger partial charge is 0.545 e. The standard InChI is InChI=1S/C16H20N2O2/c1-3-4-9-17-10-11-18(13(17)2)12-14-5-7-15(8-6-14)16(19)20/h5-8,10-11H,3-4,9,12H2,1-2H3. The highest BCUT2D eigenvalue weighted by Gasteiger charge is 2.11. The molecule has 0 saturated heterocycles. The number of hydrogen-bond acceptors (Lipinski definition) is 2. The minimum atomic E-state index is -1.13. The first-order chi connectivity index (χ1) is 9.61. The van der Waals surface area contributed by atoms with Crippen LogP contribution in [-0.2, 0) is 13.1 Å². The van der Waals surface area contributed by atoms with Crippen LogP contribution in [0.4, 0.5) is 0 Å². The predicted octanol–water partition coefficient (Wildman–Crippen LogP) is 1.30. The molecule has 0 spiro atoms. The molecule has 1 heterocycles. The van der Waals surface area contributed by atoms with E-state index in [-0.39, 0.29) is 5.56 Å². The molecule has 0 aliphatic rings. The number of unbranched alkanes of at least 4 members (excludes halogenated alkanes) is 1. The van der Waals surface area contributed by atoms with Crippen LogP contribution in [0.2, 0.25) is 0 Å². The summed E-state index contributed by atoms with van der Waals surface area (Å²) in [4.78, 5) is 10.7. The molecule has 20 heavy (non-hydrogen) atoms. The zero-order chi connectivity index (χ0) is 14.5. The van der Waals surface area contributed by atoms with Gasteiger partial charge in [0, 0.05) is 6.92 Å². The van der Waals surface area contributed by atoms with Gasteiger partial charge >= 0.3 is 0 Å². The normalized spacial score (nSPS) is 10.7. The molecule has 0 unspecified atom stereocenters. The van der Waals surface area contributed by atoms with Crippen LogP contribution >= 0.6 is 0 Å². The maximum absolute atomic E-state index is 10.7. The molecule has 2 aromatic rings. The van der Waals surface area contributed by atoms with Crippen molar-refractivity contribution in [2.75, 3.05) is 0 Å². The predicted molar refractivity (Wildman–Crippen MR) is 74.1 cm³/mol. The van der Waals surface area contributed by atoms with Crippen LogP contribution in [0.1, 0.15) is 41.5 Å². The minimum absolute atomic E-state index is 0.219. The van der Waals surface area contributed by atoms with E-state index in [1.54, 1.807) is 12.1 Å². The lowest BCUT2D eigenvalue weighted by Gasteiger charge is -2.04. The Labute approximate surface area is 119 Å². The van der Waals surface area contributed by atoms with Crippen molar-refractivity contribution in [1.29, 1.82) is 0 Å². The van der Waals surface area contributed by atoms with E-state index < -0.39 is 5.97 Å². The van der Waals surface area contributed by atoms with Gasteiger partial charge in [-0.2, -0.15) is 0 Å². The first-order valence-corrected chi connectivity index (χ1v) is 6.97. The molecular weight excluding hydrogens is 252 g/mol. The second-order valence-corrected chi connectivity index (χ2v) is 5.00. The van der Waals surface area contributed by atoms with Crippen LogP contribution < -0.4 is 9.67 Å². The van der Waals surface area contributed by atoms with Crippen LogP contribution in [0.25, 0.3) is 0 Å². The highest BCUT2D eigenvalue weighted by Crippen LogP contribution is 2.05. The van der Waals surface area contributed by atoms with Crippen LogP contribution in [0.15, 0.2) is 36.7 Å². The van der Waals surface area contributed by atoms with Crippen molar-refractivity contribution in [3.63, 3.8) is 0 Å². The smallest absolute Gasteiger partial charge is 0.253 e. The number of rotatable bonds is 6. The Bertz CT molecular complexity index is 585. The second-order valence-electron chi connectivity index (χ2n) is 5.00. The molecule has 0 fully saturated rings. The highest BCUT2D eigenvalue weighted by molar-refractivity contribution is 5.85. The number of carboxylic acid groups (broad SMARTS) is 1. The average Bonchev–Trinajstić information content (AvgIpc) is 2.78. The zero-order valence-electron chi connectivity index (χ0n) is 12.0. The lowest BCUT2D eigenvalue weighted by molar-refractivity contribution is -0.694. The fraction of sp³-hybridized carbons (Fsp3) is 0.375. The first-order valence-electron chi connectivity index (χ1n) is 6.97. The number of carboxylic acids is 1. The quantitative estimate of drug-likeness (QED) is 0.744. The van der Waals surface area contributed by atoms with Gasteiger partial charge in [-0.25, -0.2) is 9.13 Å². The monoisotopic (exact) mass is 272 g/mol. The fourth-order valence-electron chi connectivity index (χ4n) is 2.22. The number of imidazole rings is 1. The molecule has 0 radical (unpaired) electrons. The van der Waals surface area contributed by atoms with Crippen molar-refractivity contribution in [1.82, 2.24) is 4.57 Å². The molecule has 0 atom stereocenters. The van der Waals surface area contributed by atoms with Crippen LogP contribution in [0.5, 0.6) is 0 Å². The molecule has 4 nitrogen and oxygen atoms in total. The van der Waals surface area contributed by atoms with Gasteiger partial charge in [0.15, 0.2) is 0 Å². The molecule has 4 heteroatoms. The Morgan fingerprint density at radius 1 is 1.30 bits per heavy atom. The van der Waals surface area contributed by atoms with E-state index >= 15 is 0 Å². The number of nitrogens with zero attached hydrogens (tertiary/aromatic N) is 2. The third-order valence-corrected chi connectivity index (χ3v) is 3.55. The van der Waals surface area contributed by atoms with Gasteiger partial charge in [0.1, 0.15) is 18.9 Å². The van der Waals surface area contributed by atoms with Crippen molar-refractivity contribution >= 4 is 5.97 Å². The molecule has 0 saturated carbocycles. The highest BCUT2D eigenvalue weighted by atomic mass is 16.4. The molecule has 0 aliphatic heterocycles. The summed E-state index contributed by atoms with van der Waals surface area (Å²) >= 11 is 0. The summed E-state index contributed by atoms with van der Waals surface area (Å²) in [6.45, 7) is 6.08. The Balaban J connectivity index is 2.09. The number of carbonyl (C=O) groups excluding carboxylic acids is 1. The zero-order valence-corrected chi connectivity index (χ0v) is 12.0. The van der Waals surface area contributed by atoms with Crippen molar-refractivity contribution < 1.29 is 14.5 Å². The first kappa shape index (κ1) is 14.3. The van der Waals surface area contributed by atoms with Crippen molar-refractivity contribution in [2.45, 2.75) is 39.8 Å². The molecule has 0 bridgehead atoms. The summed E-state index contributed by atoms with van der Waals surface area (Å²) in [5.41, 5.74) is 1.30. The number of benzene rings is 1. The van der Waals surface area contributed by atoms with Gasteiger partial charge in [0.2, 0.25) is 0 Å². The van der Waals surface area contributed by atoms with Gasteiger partial charge in [0.25, 0.3) is 5.82 Å². The van der Waals surface area contributed by atoms with E-state index in [1.165, 1.54) is 18.7 Å². The SMILES string of the molecule is CCCCn1cc[n+](Cc2ccc(C(=O)[O-])cc2)c1C. The molecule has 2 rings (SSSR count). The Hall–Kier alpha value is -2.10. The van der Waals surface area contributed by atoms with Gasteiger partial charge in [-0.15, -0.1) is 0 Å². The Morgan fingerprint density at radius 2 is 2.00 bits per heavy atom. The molecule has 0 amide bonds. The summed E-state index contributed by atoms with van der Waals surface area (Å²) < 4.78 is 4.42. The third-order valence-electron chi connectivity index (χ3n) is 3.55. The Morgan fingerprint density at radius 3 is 2.60 bits per heavy atom. The van der Waals surface area contributed by atoms with E-state index in [1.807, 2.05) is 12.1 Å². The van der Waals surface area contributed by atoms with Gasteiger partial charge in [-0.3, -0.25) is 0 Å². The van der Waals surface area contributed by atoms with Gasteiger partial charge < -0.3 is 9.90 Å². The van der Waals surface area contributed by atoms with E-state index in [4.69, 9.17) is 0 Å². The second kappa shape index (κ2) is 6.37. The number of aromatic nitrogens is 2. The molecule has 1 aromatic carbocycles. The Kier molecular flexibility index (Phi) is 4.56. The molecule has 106 valence electrons. The summed E-state index contributed by atoms with van der Waals surface area (Å²) in [6, 6.07) is 6.85. The van der Waals surface area contributed by atoms with E-state index in [9.17, 15) is 9.90 Å². The van der Waals surface area contributed by atoms with Crippen molar-refractivity contribution in [2.24, 2.45) is 0 Å². The number of hydrogen-bond donors (Lipinski definition) is 0. The summed E-state index contributed by atoms with van der Waals surface area (Å²) in [5, 5.41) is 10.7. The lowest BCUT2D eigenvalue weighted by atomic mass is 10.1. The number of aromatic carboxylic acids is 1. The number of aryl methyl sites for hydroxylation is 1. The maximum atomic E-state index is 10.7. The topological polar surface area (TPSA) is 48.9 Å². The van der Waals surface area contributed by atoms with Crippen LogP contribution in [0.3, 0.4) is 0 Å². The summed E-state index contributed by atoms with van der Waals surface area (Å²) in [5.74, 6) is 0.0773. The van der Waals surface area contributed by atoms with Crippen molar-refractivity contribution in [3.05, 3.63) is 53.6 Å². The maximum Gasteiger partial charge on any atom is 0.253 e. The van der Waals surface area contributed by atoms with Gasteiger partial charge in [0.05, 0.1) is 12.5 Å². The van der Waals surface area contributed by atoms with Gasteiger partial charge in [-0.1, -0.05) is 37.6 Å². The minimum Gasteiger partial charge on any atom is -0.545 e. The summed E-state index contributed by atoms with van der Waals surface area (Å²) in [7, 11) is 0. The molecule has 0 N–H and O–H groups in total. The van der Waals surface area contributed by atoms with Crippen LogP contribution in [-0.4, -0.2) is 10.5 Å². The fourth-order valence-corrected chi connectivity index (χ4v) is 2.22. The molecule has 1 aromatic heterocycles. The lowest BCUT2D eigenvalue weighted by Crippen LogP contribution is -2.36.